The molecule has 0 aromatic heterocycles. The van der Waals surface area contributed by atoms with Gasteiger partial charge in [0.2, 0.25) is 0 Å². The first kappa shape index (κ1) is 18.5. The van der Waals surface area contributed by atoms with Crippen molar-refractivity contribution in [2.24, 2.45) is 0 Å². The van der Waals surface area contributed by atoms with Gasteiger partial charge in [0.25, 0.3) is 0 Å². The maximum Gasteiger partial charge on any atom is 0.321 e. The molecule has 4 heteroatoms. The molecule has 4 rings (SSSR count). The first-order valence-electron chi connectivity index (χ1n) is 10.00. The number of nitrogens with zero attached hydrogens (tertiary/aromatic N) is 2. The van der Waals surface area contributed by atoms with Crippen molar-refractivity contribution in [3.63, 3.8) is 0 Å². The molecule has 28 heavy (non-hydrogen) atoms. The van der Waals surface area contributed by atoms with Crippen molar-refractivity contribution >= 4 is 22.5 Å². The average molecular weight is 374 g/mol. The molecule has 0 spiro atoms. The van der Waals surface area contributed by atoms with Gasteiger partial charge >= 0.3 is 6.03 Å². The smallest absolute Gasteiger partial charge is 0.321 e. The molecule has 3 aromatic rings. The van der Waals surface area contributed by atoms with Crippen molar-refractivity contribution < 1.29 is 4.79 Å². The quantitative estimate of drug-likeness (QED) is 0.710. The van der Waals surface area contributed by atoms with Crippen LogP contribution in [0.15, 0.2) is 66.7 Å². The highest BCUT2D eigenvalue weighted by molar-refractivity contribution is 5.89. The molecule has 3 aromatic carbocycles. The van der Waals surface area contributed by atoms with Crippen LogP contribution < -0.4 is 5.32 Å². The fourth-order valence-electron chi connectivity index (χ4n) is 3.85. The Bertz CT molecular complexity index is 969. The minimum absolute atomic E-state index is 0.00171. The van der Waals surface area contributed by atoms with Crippen molar-refractivity contribution in [3.05, 3.63) is 77.9 Å². The highest BCUT2D eigenvalue weighted by Gasteiger charge is 2.19. The number of anilines is 1. The molecule has 4 nitrogen and oxygen atoms in total. The lowest BCUT2D eigenvalue weighted by Gasteiger charge is -2.22. The van der Waals surface area contributed by atoms with E-state index in [4.69, 9.17) is 0 Å². The molecular formula is C24H27N3O. The Morgan fingerprint density at radius 3 is 2.61 bits per heavy atom. The molecule has 2 amide bonds. The summed E-state index contributed by atoms with van der Waals surface area (Å²) in [6.45, 7) is 6.43. The Hall–Kier alpha value is -2.85. The molecule has 0 atom stereocenters. The summed E-state index contributed by atoms with van der Waals surface area (Å²) in [5.74, 6) is 0. The zero-order valence-electron chi connectivity index (χ0n) is 16.4. The van der Waals surface area contributed by atoms with Gasteiger partial charge in [0, 0.05) is 38.4 Å². The topological polar surface area (TPSA) is 35.6 Å². The highest BCUT2D eigenvalue weighted by atomic mass is 16.2. The second-order valence-corrected chi connectivity index (χ2v) is 7.60. The fourth-order valence-corrected chi connectivity index (χ4v) is 3.85. The van der Waals surface area contributed by atoms with E-state index in [1.807, 2.05) is 36.1 Å². The monoisotopic (exact) mass is 373 g/mol. The van der Waals surface area contributed by atoms with Crippen LogP contribution >= 0.6 is 0 Å². The van der Waals surface area contributed by atoms with Crippen LogP contribution in [0.3, 0.4) is 0 Å². The molecule has 0 saturated carbocycles. The summed E-state index contributed by atoms with van der Waals surface area (Å²) in [5, 5.41) is 5.60. The lowest BCUT2D eigenvalue weighted by Crippen LogP contribution is -2.38. The summed E-state index contributed by atoms with van der Waals surface area (Å²) in [7, 11) is 0. The SMILES string of the molecule is Cc1cccc(NC(=O)N2CCCN(Cc3ccc4ccccc4c3)CC2)c1. The van der Waals surface area contributed by atoms with Gasteiger partial charge in [-0.05, 0) is 53.4 Å². The van der Waals surface area contributed by atoms with Crippen molar-refractivity contribution in [2.75, 3.05) is 31.5 Å². The molecule has 1 aliphatic heterocycles. The summed E-state index contributed by atoms with van der Waals surface area (Å²) in [4.78, 5) is 17.0. The average Bonchev–Trinajstić information content (AvgIpc) is 2.94. The molecule has 1 saturated heterocycles. The first-order valence-corrected chi connectivity index (χ1v) is 10.00. The predicted molar refractivity (Wildman–Crippen MR) is 116 cm³/mol. The van der Waals surface area contributed by atoms with Gasteiger partial charge in [-0.1, -0.05) is 48.5 Å². The number of carbonyl (C=O) groups is 1. The zero-order valence-corrected chi connectivity index (χ0v) is 16.4. The molecule has 0 aliphatic carbocycles. The Balaban J connectivity index is 1.35. The van der Waals surface area contributed by atoms with Crippen LogP contribution in [0.4, 0.5) is 10.5 Å². The molecule has 0 unspecified atom stereocenters. The normalized spacial score (nSPS) is 15.4. The van der Waals surface area contributed by atoms with E-state index in [0.29, 0.717) is 0 Å². The van der Waals surface area contributed by atoms with E-state index < -0.39 is 0 Å². The third-order valence-electron chi connectivity index (χ3n) is 5.37. The number of urea groups is 1. The van der Waals surface area contributed by atoms with Crippen LogP contribution in [0, 0.1) is 6.92 Å². The van der Waals surface area contributed by atoms with Crippen molar-refractivity contribution in [1.29, 1.82) is 0 Å². The number of benzene rings is 3. The van der Waals surface area contributed by atoms with Gasteiger partial charge in [0.05, 0.1) is 0 Å². The van der Waals surface area contributed by atoms with Gasteiger partial charge in [-0.15, -0.1) is 0 Å². The predicted octanol–water partition coefficient (Wildman–Crippen LogP) is 4.89. The molecule has 1 heterocycles. The van der Waals surface area contributed by atoms with E-state index in [9.17, 15) is 4.79 Å². The summed E-state index contributed by atoms with van der Waals surface area (Å²) in [6, 6.07) is 23.1. The van der Waals surface area contributed by atoms with Gasteiger partial charge in [-0.3, -0.25) is 4.90 Å². The minimum Gasteiger partial charge on any atom is -0.323 e. The summed E-state index contributed by atoms with van der Waals surface area (Å²) >= 11 is 0. The minimum atomic E-state index is -0.00171. The Labute approximate surface area is 166 Å². The van der Waals surface area contributed by atoms with Crippen LogP contribution in [0.25, 0.3) is 10.8 Å². The second kappa shape index (κ2) is 8.44. The van der Waals surface area contributed by atoms with Gasteiger partial charge in [-0.25, -0.2) is 4.79 Å². The maximum absolute atomic E-state index is 12.6. The number of rotatable bonds is 3. The van der Waals surface area contributed by atoms with E-state index in [1.54, 1.807) is 0 Å². The summed E-state index contributed by atoms with van der Waals surface area (Å²) in [6.07, 6.45) is 0.995. The lowest BCUT2D eigenvalue weighted by molar-refractivity contribution is 0.211. The number of hydrogen-bond donors (Lipinski definition) is 1. The van der Waals surface area contributed by atoms with Crippen molar-refractivity contribution in [1.82, 2.24) is 9.80 Å². The van der Waals surface area contributed by atoms with Crippen LogP contribution in [-0.2, 0) is 6.54 Å². The number of amides is 2. The number of hydrogen-bond acceptors (Lipinski definition) is 2. The zero-order chi connectivity index (χ0) is 19.3. The van der Waals surface area contributed by atoms with Gasteiger partial charge in [-0.2, -0.15) is 0 Å². The Kier molecular flexibility index (Phi) is 5.58. The van der Waals surface area contributed by atoms with E-state index in [-0.39, 0.29) is 6.03 Å². The highest BCUT2D eigenvalue weighted by Crippen LogP contribution is 2.18. The van der Waals surface area contributed by atoms with Crippen LogP contribution in [-0.4, -0.2) is 42.0 Å². The van der Waals surface area contributed by atoms with Gasteiger partial charge < -0.3 is 10.2 Å². The number of fused-ring (bicyclic) bond motifs is 1. The number of carbonyl (C=O) groups excluding carboxylic acids is 1. The molecule has 144 valence electrons. The van der Waals surface area contributed by atoms with E-state index in [0.717, 1.165) is 50.4 Å². The van der Waals surface area contributed by atoms with E-state index in [2.05, 4.69) is 52.7 Å². The standard InChI is InChI=1S/C24H27N3O/c1-19-6-4-9-23(16-19)25-24(28)27-13-5-12-26(14-15-27)18-20-10-11-21-7-2-3-8-22(21)17-20/h2-4,6-11,16-17H,5,12-15,18H2,1H3,(H,25,28). The van der Waals surface area contributed by atoms with Gasteiger partial charge in [0.1, 0.15) is 0 Å². The number of nitrogens with one attached hydrogen (secondary N) is 1. The summed E-state index contributed by atoms with van der Waals surface area (Å²) in [5.41, 5.74) is 3.34. The number of aryl methyl sites for hydroxylation is 1. The largest absolute Gasteiger partial charge is 0.323 e. The van der Waals surface area contributed by atoms with Crippen molar-refractivity contribution in [2.45, 2.75) is 19.9 Å². The first-order chi connectivity index (χ1) is 13.7. The molecular weight excluding hydrogens is 346 g/mol. The molecule has 1 aliphatic rings. The van der Waals surface area contributed by atoms with E-state index >= 15 is 0 Å². The Morgan fingerprint density at radius 1 is 0.893 bits per heavy atom. The van der Waals surface area contributed by atoms with Gasteiger partial charge in [0.15, 0.2) is 0 Å². The maximum atomic E-state index is 12.6. The van der Waals surface area contributed by atoms with Crippen LogP contribution in [0.2, 0.25) is 0 Å². The third kappa shape index (κ3) is 4.52. The summed E-state index contributed by atoms with van der Waals surface area (Å²) < 4.78 is 0. The van der Waals surface area contributed by atoms with Crippen molar-refractivity contribution in [3.8, 4) is 0 Å². The molecule has 0 radical (unpaired) electrons. The Morgan fingerprint density at radius 2 is 1.75 bits per heavy atom. The molecule has 0 bridgehead atoms. The lowest BCUT2D eigenvalue weighted by atomic mass is 10.1. The molecule has 1 N–H and O–H groups in total. The van der Waals surface area contributed by atoms with Crippen LogP contribution in [0.5, 0.6) is 0 Å². The second-order valence-electron chi connectivity index (χ2n) is 7.60. The third-order valence-corrected chi connectivity index (χ3v) is 5.37. The van der Waals surface area contributed by atoms with Crippen LogP contribution in [0.1, 0.15) is 17.5 Å². The fraction of sp³-hybridized carbons (Fsp3) is 0.292. The molecule has 1 fully saturated rings. The van der Waals surface area contributed by atoms with E-state index in [1.165, 1.54) is 16.3 Å².